The molecule has 0 atom stereocenters. The van der Waals surface area contributed by atoms with E-state index < -0.39 is 0 Å². The Balaban J connectivity index is 0. The number of hydrogen-bond donors (Lipinski definition) is 1. The highest BCUT2D eigenvalue weighted by Gasteiger charge is 2.17. The van der Waals surface area contributed by atoms with Crippen LogP contribution in [-0.4, -0.2) is 32.5 Å². The van der Waals surface area contributed by atoms with Gasteiger partial charge in [0.25, 0.3) is 0 Å². The van der Waals surface area contributed by atoms with Gasteiger partial charge in [-0.1, -0.05) is 13.8 Å². The predicted octanol–water partition coefficient (Wildman–Crippen LogP) is 2.83. The van der Waals surface area contributed by atoms with Gasteiger partial charge in [-0.2, -0.15) is 0 Å². The average molecular weight is 233 g/mol. The summed E-state index contributed by atoms with van der Waals surface area (Å²) < 4.78 is 11.1. The van der Waals surface area contributed by atoms with Gasteiger partial charge in [0.05, 0.1) is 5.60 Å². The first kappa shape index (κ1) is 18.3. The number of ether oxygens (including phenoxy) is 2. The standard InChI is InChI=1S/C12H26O2.CH5N/c1-6-13-10-8-12(4,5)14-9-7-11(2)3;1-2/h11H,6-10H2,1-5H3;2H2,1H3. The molecule has 3 nitrogen and oxygen atoms in total. The summed E-state index contributed by atoms with van der Waals surface area (Å²) in [6, 6.07) is 0. The maximum Gasteiger partial charge on any atom is 0.0648 e. The Morgan fingerprint density at radius 3 is 2.12 bits per heavy atom. The summed E-state index contributed by atoms with van der Waals surface area (Å²) in [5.74, 6) is 0.720. The maximum absolute atomic E-state index is 5.81. The zero-order chi connectivity index (χ0) is 13.0. The van der Waals surface area contributed by atoms with Crippen LogP contribution in [-0.2, 0) is 9.47 Å². The molecule has 0 unspecified atom stereocenters. The first-order valence-electron chi connectivity index (χ1n) is 6.27. The van der Waals surface area contributed by atoms with Crippen molar-refractivity contribution in [1.82, 2.24) is 0 Å². The van der Waals surface area contributed by atoms with E-state index in [9.17, 15) is 0 Å². The van der Waals surface area contributed by atoms with Crippen molar-refractivity contribution in [1.29, 1.82) is 0 Å². The molecular formula is C13H31NO2. The van der Waals surface area contributed by atoms with Crippen molar-refractivity contribution in [2.45, 2.75) is 53.1 Å². The van der Waals surface area contributed by atoms with Crippen LogP contribution < -0.4 is 5.73 Å². The molecule has 0 radical (unpaired) electrons. The summed E-state index contributed by atoms with van der Waals surface area (Å²) in [5.41, 5.74) is 4.46. The Hall–Kier alpha value is -0.120. The second kappa shape index (κ2) is 11.4. The molecule has 0 fully saturated rings. The van der Waals surface area contributed by atoms with E-state index in [2.05, 4.69) is 33.4 Å². The van der Waals surface area contributed by atoms with Crippen LogP contribution in [0.1, 0.15) is 47.5 Å². The molecule has 0 spiro atoms. The van der Waals surface area contributed by atoms with Gasteiger partial charge < -0.3 is 15.2 Å². The van der Waals surface area contributed by atoms with Gasteiger partial charge in [-0.15, -0.1) is 0 Å². The Kier molecular flexibility index (Phi) is 13.0. The molecule has 2 N–H and O–H groups in total. The molecule has 0 aliphatic rings. The number of hydrogen-bond acceptors (Lipinski definition) is 3. The molecule has 0 saturated heterocycles. The van der Waals surface area contributed by atoms with Crippen LogP contribution in [0.4, 0.5) is 0 Å². The van der Waals surface area contributed by atoms with Gasteiger partial charge in [0.15, 0.2) is 0 Å². The predicted molar refractivity (Wildman–Crippen MR) is 70.7 cm³/mol. The lowest BCUT2D eigenvalue weighted by Crippen LogP contribution is -2.27. The highest BCUT2D eigenvalue weighted by atomic mass is 16.5. The molecular weight excluding hydrogens is 202 g/mol. The van der Waals surface area contributed by atoms with Crippen molar-refractivity contribution in [2.24, 2.45) is 11.7 Å². The molecule has 0 heterocycles. The summed E-state index contributed by atoms with van der Waals surface area (Å²) in [6.07, 6.45) is 2.11. The van der Waals surface area contributed by atoms with E-state index in [-0.39, 0.29) is 5.60 Å². The van der Waals surface area contributed by atoms with E-state index in [4.69, 9.17) is 9.47 Å². The van der Waals surface area contributed by atoms with Crippen LogP contribution in [0.15, 0.2) is 0 Å². The summed E-state index contributed by atoms with van der Waals surface area (Å²) in [5, 5.41) is 0. The summed E-state index contributed by atoms with van der Waals surface area (Å²) >= 11 is 0. The van der Waals surface area contributed by atoms with Gasteiger partial charge in [-0.05, 0) is 46.6 Å². The Labute approximate surface area is 102 Å². The topological polar surface area (TPSA) is 44.5 Å². The molecule has 0 bridgehead atoms. The van der Waals surface area contributed by atoms with E-state index in [1.807, 2.05) is 6.92 Å². The van der Waals surface area contributed by atoms with E-state index in [1.165, 1.54) is 7.05 Å². The first-order valence-corrected chi connectivity index (χ1v) is 6.27. The largest absolute Gasteiger partial charge is 0.382 e. The molecule has 0 aliphatic heterocycles. The second-order valence-electron chi connectivity index (χ2n) is 4.74. The molecule has 0 amide bonds. The molecule has 0 aliphatic carbocycles. The Morgan fingerprint density at radius 2 is 1.69 bits per heavy atom. The average Bonchev–Trinajstić information content (AvgIpc) is 2.20. The van der Waals surface area contributed by atoms with Crippen LogP contribution in [0.3, 0.4) is 0 Å². The summed E-state index contributed by atoms with van der Waals surface area (Å²) in [6.45, 7) is 13.2. The molecule has 0 saturated carbocycles. The van der Waals surface area contributed by atoms with Gasteiger partial charge >= 0.3 is 0 Å². The zero-order valence-corrected chi connectivity index (χ0v) is 12.0. The van der Waals surface area contributed by atoms with E-state index in [1.54, 1.807) is 0 Å². The molecule has 0 aromatic heterocycles. The lowest BCUT2D eigenvalue weighted by molar-refractivity contribution is -0.0432. The normalized spacial score (nSPS) is 11.2. The molecule has 16 heavy (non-hydrogen) atoms. The van der Waals surface area contributed by atoms with Crippen molar-refractivity contribution in [2.75, 3.05) is 26.9 Å². The monoisotopic (exact) mass is 233 g/mol. The second-order valence-corrected chi connectivity index (χ2v) is 4.74. The van der Waals surface area contributed by atoms with Gasteiger partial charge in [-0.3, -0.25) is 0 Å². The van der Waals surface area contributed by atoms with Crippen molar-refractivity contribution in [3.05, 3.63) is 0 Å². The van der Waals surface area contributed by atoms with Crippen LogP contribution in [0.2, 0.25) is 0 Å². The Morgan fingerprint density at radius 1 is 1.12 bits per heavy atom. The van der Waals surface area contributed by atoms with E-state index in [0.717, 1.165) is 38.6 Å². The van der Waals surface area contributed by atoms with Crippen molar-refractivity contribution in [3.8, 4) is 0 Å². The molecule has 3 heteroatoms. The van der Waals surface area contributed by atoms with Gasteiger partial charge in [-0.25, -0.2) is 0 Å². The van der Waals surface area contributed by atoms with Crippen molar-refractivity contribution >= 4 is 0 Å². The minimum absolute atomic E-state index is 0.0376. The van der Waals surface area contributed by atoms with Crippen LogP contribution in [0.5, 0.6) is 0 Å². The van der Waals surface area contributed by atoms with Crippen LogP contribution in [0, 0.1) is 5.92 Å². The maximum atomic E-state index is 5.81. The Bertz CT molecular complexity index is 136. The lowest BCUT2D eigenvalue weighted by atomic mass is 10.1. The van der Waals surface area contributed by atoms with Crippen molar-refractivity contribution < 1.29 is 9.47 Å². The lowest BCUT2D eigenvalue weighted by Gasteiger charge is -2.25. The summed E-state index contributed by atoms with van der Waals surface area (Å²) in [4.78, 5) is 0. The third kappa shape index (κ3) is 13.9. The first-order chi connectivity index (χ1) is 7.48. The van der Waals surface area contributed by atoms with Crippen LogP contribution >= 0.6 is 0 Å². The fourth-order valence-electron chi connectivity index (χ4n) is 1.11. The zero-order valence-electron chi connectivity index (χ0n) is 12.0. The number of rotatable bonds is 8. The summed E-state index contributed by atoms with van der Waals surface area (Å²) in [7, 11) is 1.50. The fourth-order valence-corrected chi connectivity index (χ4v) is 1.11. The third-order valence-electron chi connectivity index (χ3n) is 2.24. The quantitative estimate of drug-likeness (QED) is 0.656. The molecule has 0 aromatic rings. The van der Waals surface area contributed by atoms with Gasteiger partial charge in [0, 0.05) is 19.8 Å². The van der Waals surface area contributed by atoms with Gasteiger partial charge in [0.1, 0.15) is 0 Å². The molecule has 0 rings (SSSR count). The minimum atomic E-state index is -0.0376. The van der Waals surface area contributed by atoms with Crippen molar-refractivity contribution in [3.63, 3.8) is 0 Å². The third-order valence-corrected chi connectivity index (χ3v) is 2.24. The molecule has 100 valence electrons. The van der Waals surface area contributed by atoms with Gasteiger partial charge in [0.2, 0.25) is 0 Å². The highest BCUT2D eigenvalue weighted by molar-refractivity contribution is 4.68. The molecule has 0 aromatic carbocycles. The highest BCUT2D eigenvalue weighted by Crippen LogP contribution is 2.15. The minimum Gasteiger partial charge on any atom is -0.382 e. The van der Waals surface area contributed by atoms with E-state index in [0.29, 0.717) is 0 Å². The number of nitrogens with two attached hydrogens (primary N) is 1. The smallest absolute Gasteiger partial charge is 0.0648 e. The SMILES string of the molecule is CCOCCC(C)(C)OCCC(C)C.CN. The fraction of sp³-hybridized carbons (Fsp3) is 1.00. The van der Waals surface area contributed by atoms with Crippen LogP contribution in [0.25, 0.3) is 0 Å². The van der Waals surface area contributed by atoms with E-state index >= 15 is 0 Å².